The number of methoxy groups -OCH3 is 1. The summed E-state index contributed by atoms with van der Waals surface area (Å²) in [7, 11) is 3.74. The number of nitrogen functional groups attached to an aromatic ring is 1. The van der Waals surface area contributed by atoms with Crippen LogP contribution in [-0.2, 0) is 0 Å². The molecule has 2 rings (SSSR count). The van der Waals surface area contributed by atoms with E-state index >= 15 is 0 Å². The van der Waals surface area contributed by atoms with Crippen molar-refractivity contribution >= 4 is 30.5 Å². The number of aliphatic hydroxyl groups is 1. The Labute approximate surface area is 205 Å². The van der Waals surface area contributed by atoms with Crippen LogP contribution in [-0.4, -0.2) is 62.6 Å². The molecule has 33 heavy (non-hydrogen) atoms. The Bertz CT molecular complexity index is 795. The molecule has 1 aliphatic heterocycles. The molecular weight excluding hydrogens is 437 g/mol. The maximum absolute atomic E-state index is 12.7. The Morgan fingerprint density at radius 2 is 1.97 bits per heavy atom. The second-order valence-corrected chi connectivity index (χ2v) is 11.2. The molecule has 185 valence electrons. The fourth-order valence-electron chi connectivity index (χ4n) is 4.75. The summed E-state index contributed by atoms with van der Waals surface area (Å²) in [4.78, 5) is 15.1. The third-order valence-electron chi connectivity index (χ3n) is 7.14. The minimum absolute atomic E-state index is 0.120. The molecule has 1 heterocycles. The molecule has 0 aromatic heterocycles. The highest BCUT2D eigenvalue weighted by atomic mass is 35.5. The lowest BCUT2D eigenvalue weighted by Crippen LogP contribution is -2.41. The van der Waals surface area contributed by atoms with Gasteiger partial charge in [0, 0.05) is 19.2 Å². The first-order chi connectivity index (χ1) is 15.4. The lowest BCUT2D eigenvalue weighted by atomic mass is 9.51. The molecule has 4 N–H and O–H groups in total. The smallest absolute Gasteiger partial charge is 0.255 e. The van der Waals surface area contributed by atoms with E-state index in [0.29, 0.717) is 34.5 Å². The van der Waals surface area contributed by atoms with Crippen LogP contribution in [0, 0.1) is 11.3 Å². The van der Waals surface area contributed by atoms with E-state index < -0.39 is 0 Å². The molecule has 0 bridgehead atoms. The molecule has 0 aliphatic carbocycles. The molecule has 1 amide bonds. The molecule has 0 saturated carbocycles. The zero-order valence-electron chi connectivity index (χ0n) is 21.2. The summed E-state index contributed by atoms with van der Waals surface area (Å²) < 4.78 is 5.28. The number of hydrogen-bond acceptors (Lipinski definition) is 5. The van der Waals surface area contributed by atoms with Crippen molar-refractivity contribution in [3.8, 4) is 5.75 Å². The number of ether oxygens (including phenoxy) is 1. The first kappa shape index (κ1) is 27.8. The summed E-state index contributed by atoms with van der Waals surface area (Å²) in [5.41, 5.74) is 6.47. The van der Waals surface area contributed by atoms with Crippen molar-refractivity contribution in [2.75, 3.05) is 39.0 Å². The number of carbonyl (C=O) groups is 1. The van der Waals surface area contributed by atoms with Gasteiger partial charge in [-0.05, 0) is 56.2 Å². The van der Waals surface area contributed by atoms with Gasteiger partial charge in [-0.3, -0.25) is 4.79 Å². The Kier molecular flexibility index (Phi) is 9.95. The predicted octanol–water partition coefficient (Wildman–Crippen LogP) is 4.49. The minimum Gasteiger partial charge on any atom is -0.496 e. The molecule has 1 radical (unpaired) electrons. The van der Waals surface area contributed by atoms with Crippen LogP contribution in [0.3, 0.4) is 0 Å². The van der Waals surface area contributed by atoms with Crippen LogP contribution in [0.4, 0.5) is 5.69 Å². The van der Waals surface area contributed by atoms with Crippen molar-refractivity contribution in [3.63, 3.8) is 0 Å². The molecule has 1 atom stereocenters. The quantitative estimate of drug-likeness (QED) is 0.322. The van der Waals surface area contributed by atoms with E-state index in [4.69, 9.17) is 22.1 Å². The molecule has 1 aromatic carbocycles. The van der Waals surface area contributed by atoms with Gasteiger partial charge in [-0.15, -0.1) is 0 Å². The van der Waals surface area contributed by atoms with Crippen LogP contribution in [0.25, 0.3) is 0 Å². The SMILES string of the molecule is C[B]C(C)(C)CC(C)(C)C(O)CCN1CCC(CNC(=O)c2cc(Cl)c(N)cc2OC)CC1. The van der Waals surface area contributed by atoms with Crippen LogP contribution in [0.2, 0.25) is 17.2 Å². The number of nitrogens with zero attached hydrogens (tertiary/aromatic N) is 1. The summed E-state index contributed by atoms with van der Waals surface area (Å²) in [6, 6.07) is 3.13. The van der Waals surface area contributed by atoms with Gasteiger partial charge in [-0.1, -0.05) is 51.4 Å². The van der Waals surface area contributed by atoms with Gasteiger partial charge in [0.25, 0.3) is 5.91 Å². The summed E-state index contributed by atoms with van der Waals surface area (Å²) in [5, 5.41) is 14.3. The predicted molar refractivity (Wildman–Crippen MR) is 139 cm³/mol. The number of halogens is 1. The monoisotopic (exact) mass is 478 g/mol. The second-order valence-electron chi connectivity index (χ2n) is 10.8. The van der Waals surface area contributed by atoms with E-state index in [0.717, 1.165) is 45.3 Å². The van der Waals surface area contributed by atoms with Crippen molar-refractivity contribution in [1.29, 1.82) is 0 Å². The Hall–Kier alpha value is -1.44. The van der Waals surface area contributed by atoms with Gasteiger partial charge >= 0.3 is 0 Å². The summed E-state index contributed by atoms with van der Waals surface area (Å²) in [6.45, 7) is 14.4. The van der Waals surface area contributed by atoms with E-state index in [2.05, 4.69) is 52.0 Å². The molecule has 1 aromatic rings. The molecule has 0 spiro atoms. The van der Waals surface area contributed by atoms with Crippen LogP contribution in [0.15, 0.2) is 12.1 Å². The molecule has 1 saturated heterocycles. The van der Waals surface area contributed by atoms with E-state index in [9.17, 15) is 9.90 Å². The van der Waals surface area contributed by atoms with Gasteiger partial charge in [0.15, 0.2) is 0 Å². The lowest BCUT2D eigenvalue weighted by Gasteiger charge is -2.39. The van der Waals surface area contributed by atoms with E-state index in [1.165, 1.54) is 7.11 Å². The average Bonchev–Trinajstić information content (AvgIpc) is 2.77. The largest absolute Gasteiger partial charge is 0.496 e. The van der Waals surface area contributed by atoms with Crippen LogP contribution in [0.5, 0.6) is 5.75 Å². The summed E-state index contributed by atoms with van der Waals surface area (Å²) >= 11 is 6.09. The van der Waals surface area contributed by atoms with E-state index in [1.807, 2.05) is 0 Å². The molecule has 6 nitrogen and oxygen atoms in total. The first-order valence-electron chi connectivity index (χ1n) is 12.0. The third kappa shape index (κ3) is 8.08. The minimum atomic E-state index is -0.324. The number of nitrogens with one attached hydrogen (secondary N) is 1. The number of hydrogen-bond donors (Lipinski definition) is 3. The average molecular weight is 479 g/mol. The Balaban J connectivity index is 1.77. The number of amides is 1. The highest BCUT2D eigenvalue weighted by Gasteiger charge is 2.34. The standard InChI is InChI=1S/C25H42BClN3O3/c1-24(2,16-25(3,4)26-5)22(31)9-12-30-10-7-17(8-11-30)15-29-23(32)18-13-19(27)20(28)14-21(18)33-6/h13-14,17,22,31H,7-12,15-16,28H2,1-6H3,(H,29,32). The maximum atomic E-state index is 12.7. The van der Waals surface area contributed by atoms with Gasteiger partial charge in [-0.25, -0.2) is 0 Å². The highest BCUT2D eigenvalue weighted by molar-refractivity contribution is 6.37. The maximum Gasteiger partial charge on any atom is 0.255 e. The zero-order chi connectivity index (χ0) is 24.8. The van der Waals surface area contributed by atoms with Gasteiger partial charge in [-0.2, -0.15) is 0 Å². The Morgan fingerprint density at radius 3 is 2.55 bits per heavy atom. The number of aliphatic hydroxyl groups excluding tert-OH is 1. The lowest BCUT2D eigenvalue weighted by molar-refractivity contribution is 0.0198. The normalized spacial score (nSPS) is 17.0. The van der Waals surface area contributed by atoms with Crippen molar-refractivity contribution in [3.05, 3.63) is 22.7 Å². The zero-order valence-corrected chi connectivity index (χ0v) is 22.0. The highest BCUT2D eigenvalue weighted by Crippen LogP contribution is 2.41. The Morgan fingerprint density at radius 1 is 1.33 bits per heavy atom. The van der Waals surface area contributed by atoms with Gasteiger partial charge in [0.2, 0.25) is 0 Å². The van der Waals surface area contributed by atoms with Gasteiger partial charge in [0.05, 0.1) is 29.5 Å². The van der Waals surface area contributed by atoms with Crippen LogP contribution in [0.1, 0.15) is 63.7 Å². The van der Waals surface area contributed by atoms with Crippen molar-refractivity contribution in [2.45, 2.75) is 71.6 Å². The van der Waals surface area contributed by atoms with Crippen molar-refractivity contribution in [2.24, 2.45) is 11.3 Å². The topological polar surface area (TPSA) is 87.8 Å². The summed E-state index contributed by atoms with van der Waals surface area (Å²) in [5.74, 6) is 0.655. The van der Waals surface area contributed by atoms with Crippen molar-refractivity contribution in [1.82, 2.24) is 10.2 Å². The number of likely N-dealkylation sites (tertiary alicyclic amines) is 1. The van der Waals surface area contributed by atoms with E-state index in [1.54, 1.807) is 12.1 Å². The number of piperidine rings is 1. The van der Waals surface area contributed by atoms with Gasteiger partial charge in [0.1, 0.15) is 13.0 Å². The molecule has 1 unspecified atom stereocenters. The number of nitrogens with two attached hydrogens (primary N) is 1. The molecule has 8 heteroatoms. The number of rotatable bonds is 11. The fraction of sp³-hybridized carbons (Fsp3) is 0.720. The van der Waals surface area contributed by atoms with Gasteiger partial charge < -0.3 is 25.8 Å². The summed E-state index contributed by atoms with van der Waals surface area (Å²) in [6.07, 6.45) is 3.47. The molecule has 1 fully saturated rings. The first-order valence-corrected chi connectivity index (χ1v) is 12.4. The van der Waals surface area contributed by atoms with E-state index in [-0.39, 0.29) is 22.7 Å². The van der Waals surface area contributed by atoms with Crippen LogP contribution < -0.4 is 15.8 Å². The van der Waals surface area contributed by atoms with Crippen molar-refractivity contribution < 1.29 is 14.6 Å². The number of carbonyl (C=O) groups excluding carboxylic acids is 1. The fourth-order valence-corrected chi connectivity index (χ4v) is 4.92. The van der Waals surface area contributed by atoms with Crippen LogP contribution >= 0.6 is 11.6 Å². The molecule has 1 aliphatic rings. The molecular formula is C25H42BClN3O3. The number of anilines is 1. The number of benzene rings is 1. The second kappa shape index (κ2) is 11.8. The third-order valence-corrected chi connectivity index (χ3v) is 7.46.